The second-order valence-corrected chi connectivity index (χ2v) is 6.36. The van der Waals surface area contributed by atoms with Crippen molar-refractivity contribution in [2.24, 2.45) is 0 Å². The van der Waals surface area contributed by atoms with E-state index in [-0.39, 0.29) is 12.1 Å². The lowest BCUT2D eigenvalue weighted by Gasteiger charge is -2.26. The molecule has 1 aliphatic heterocycles. The van der Waals surface area contributed by atoms with Crippen molar-refractivity contribution in [3.05, 3.63) is 53.7 Å². The fraction of sp³-hybridized carbons (Fsp3) is 0.294. The number of thioether (sulfide) groups is 1. The van der Waals surface area contributed by atoms with Crippen molar-refractivity contribution in [1.29, 1.82) is 0 Å². The lowest BCUT2D eigenvalue weighted by Crippen LogP contribution is -2.38. The molecule has 1 aromatic carbocycles. The Morgan fingerprint density at radius 1 is 1.35 bits per heavy atom. The van der Waals surface area contributed by atoms with Gasteiger partial charge in [-0.25, -0.2) is 9.78 Å². The zero-order valence-corrected chi connectivity index (χ0v) is 13.7. The maximum absolute atomic E-state index is 12.2. The van der Waals surface area contributed by atoms with Crippen LogP contribution in [0.2, 0.25) is 0 Å². The number of carbonyl (C=O) groups excluding carboxylic acids is 1. The minimum atomic E-state index is -0.178. The van der Waals surface area contributed by atoms with E-state index in [0.717, 1.165) is 17.7 Å². The summed E-state index contributed by atoms with van der Waals surface area (Å²) < 4.78 is 5.19. The summed E-state index contributed by atoms with van der Waals surface area (Å²) in [6.45, 7) is 0.381. The molecule has 1 aromatic heterocycles. The van der Waals surface area contributed by atoms with Crippen LogP contribution in [-0.4, -0.2) is 23.9 Å². The van der Waals surface area contributed by atoms with Gasteiger partial charge in [-0.05, 0) is 24.1 Å². The molecule has 120 valence electrons. The number of benzene rings is 1. The zero-order chi connectivity index (χ0) is 16.1. The predicted molar refractivity (Wildman–Crippen MR) is 90.7 cm³/mol. The summed E-state index contributed by atoms with van der Waals surface area (Å²) in [7, 11) is 1.57. The summed E-state index contributed by atoms with van der Waals surface area (Å²) in [5.41, 5.74) is 2.04. The van der Waals surface area contributed by atoms with Crippen LogP contribution in [0.4, 0.5) is 4.79 Å². The van der Waals surface area contributed by atoms with Crippen LogP contribution in [0.1, 0.15) is 23.6 Å². The summed E-state index contributed by atoms with van der Waals surface area (Å²) in [6, 6.07) is 11.8. The van der Waals surface area contributed by atoms with E-state index in [0.29, 0.717) is 12.4 Å². The van der Waals surface area contributed by atoms with Gasteiger partial charge in [0, 0.05) is 29.0 Å². The first kappa shape index (κ1) is 15.7. The number of rotatable bonds is 4. The van der Waals surface area contributed by atoms with Gasteiger partial charge in [0.05, 0.1) is 13.2 Å². The molecule has 1 atom stereocenters. The second kappa shape index (κ2) is 7.37. The molecule has 2 N–H and O–H groups in total. The highest BCUT2D eigenvalue weighted by molar-refractivity contribution is 7.99. The summed E-state index contributed by atoms with van der Waals surface area (Å²) in [5, 5.41) is 5.93. The van der Waals surface area contributed by atoms with Crippen LogP contribution >= 0.6 is 11.8 Å². The molecule has 1 unspecified atom stereocenters. The largest absolute Gasteiger partial charge is 0.481 e. The molecule has 3 rings (SSSR count). The van der Waals surface area contributed by atoms with Crippen molar-refractivity contribution in [2.45, 2.75) is 23.9 Å². The number of nitrogens with one attached hydrogen (secondary N) is 2. The zero-order valence-electron chi connectivity index (χ0n) is 12.9. The maximum atomic E-state index is 12.2. The minimum absolute atomic E-state index is 0.0586. The van der Waals surface area contributed by atoms with Gasteiger partial charge in [-0.3, -0.25) is 0 Å². The number of nitrogens with zero attached hydrogens (tertiary/aromatic N) is 1. The van der Waals surface area contributed by atoms with E-state index in [1.54, 1.807) is 13.3 Å². The van der Waals surface area contributed by atoms with Gasteiger partial charge in [0.2, 0.25) is 5.88 Å². The van der Waals surface area contributed by atoms with Crippen LogP contribution in [0.5, 0.6) is 5.88 Å². The lowest BCUT2D eigenvalue weighted by atomic mass is 10.0. The SMILES string of the molecule is COc1ncccc1CNC(=O)NC1CCSc2ccccc21. The van der Waals surface area contributed by atoms with E-state index in [1.807, 2.05) is 36.0 Å². The van der Waals surface area contributed by atoms with E-state index in [9.17, 15) is 4.79 Å². The van der Waals surface area contributed by atoms with E-state index in [1.165, 1.54) is 10.5 Å². The predicted octanol–water partition coefficient (Wildman–Crippen LogP) is 3.13. The summed E-state index contributed by atoms with van der Waals surface area (Å²) in [4.78, 5) is 17.6. The molecule has 5 nitrogen and oxygen atoms in total. The molecule has 2 heterocycles. The Morgan fingerprint density at radius 3 is 3.09 bits per heavy atom. The van der Waals surface area contributed by atoms with Gasteiger partial charge in [-0.2, -0.15) is 0 Å². The van der Waals surface area contributed by atoms with Crippen molar-refractivity contribution in [3.8, 4) is 5.88 Å². The first-order valence-corrected chi connectivity index (χ1v) is 8.50. The Balaban J connectivity index is 1.60. The Labute approximate surface area is 139 Å². The first-order valence-electron chi connectivity index (χ1n) is 7.52. The number of hydrogen-bond acceptors (Lipinski definition) is 4. The molecule has 0 radical (unpaired) electrons. The summed E-state index contributed by atoms with van der Waals surface area (Å²) >= 11 is 1.84. The minimum Gasteiger partial charge on any atom is -0.481 e. The van der Waals surface area contributed by atoms with Gasteiger partial charge in [0.25, 0.3) is 0 Å². The van der Waals surface area contributed by atoms with Gasteiger partial charge in [0.15, 0.2) is 0 Å². The van der Waals surface area contributed by atoms with E-state index in [2.05, 4.69) is 27.8 Å². The highest BCUT2D eigenvalue weighted by Crippen LogP contribution is 2.35. The third-order valence-corrected chi connectivity index (χ3v) is 4.87. The average Bonchev–Trinajstić information content (AvgIpc) is 2.60. The molecule has 2 aromatic rings. The fourth-order valence-electron chi connectivity index (χ4n) is 2.62. The standard InChI is InChI=1S/C17H19N3O2S/c1-22-16-12(5-4-9-18-16)11-19-17(21)20-14-8-10-23-15-7-3-2-6-13(14)15/h2-7,9,14H,8,10-11H2,1H3,(H2,19,20,21). The molecule has 0 fully saturated rings. The van der Waals surface area contributed by atoms with Crippen molar-refractivity contribution < 1.29 is 9.53 Å². The number of aromatic nitrogens is 1. The molecule has 23 heavy (non-hydrogen) atoms. The number of ether oxygens (including phenoxy) is 1. The molecule has 6 heteroatoms. The number of urea groups is 1. The molecule has 1 aliphatic rings. The van der Waals surface area contributed by atoms with Crippen molar-refractivity contribution in [2.75, 3.05) is 12.9 Å². The fourth-order valence-corrected chi connectivity index (χ4v) is 3.74. The van der Waals surface area contributed by atoms with E-state index >= 15 is 0 Å². The third kappa shape index (κ3) is 3.76. The van der Waals surface area contributed by atoms with Gasteiger partial charge in [-0.1, -0.05) is 24.3 Å². The van der Waals surface area contributed by atoms with Crippen molar-refractivity contribution in [1.82, 2.24) is 15.6 Å². The van der Waals surface area contributed by atoms with Gasteiger partial charge in [0.1, 0.15) is 0 Å². The van der Waals surface area contributed by atoms with Gasteiger partial charge >= 0.3 is 6.03 Å². The van der Waals surface area contributed by atoms with Gasteiger partial charge in [-0.15, -0.1) is 11.8 Å². The molecule has 0 spiro atoms. The Morgan fingerprint density at radius 2 is 2.22 bits per heavy atom. The van der Waals surface area contributed by atoms with Crippen LogP contribution in [0.3, 0.4) is 0 Å². The number of methoxy groups -OCH3 is 1. The average molecular weight is 329 g/mol. The monoisotopic (exact) mass is 329 g/mol. The number of fused-ring (bicyclic) bond motifs is 1. The smallest absolute Gasteiger partial charge is 0.315 e. The number of pyridine rings is 1. The Bertz CT molecular complexity index is 693. The quantitative estimate of drug-likeness (QED) is 0.904. The summed E-state index contributed by atoms with van der Waals surface area (Å²) in [5.74, 6) is 1.55. The molecule has 0 saturated carbocycles. The Hall–Kier alpha value is -2.21. The first-order chi connectivity index (χ1) is 11.3. The molecule has 2 amide bonds. The molecular weight excluding hydrogens is 310 g/mol. The van der Waals surface area contributed by atoms with Gasteiger partial charge < -0.3 is 15.4 Å². The third-order valence-electron chi connectivity index (χ3n) is 3.75. The molecule has 0 bridgehead atoms. The van der Waals surface area contributed by atoms with Crippen molar-refractivity contribution in [3.63, 3.8) is 0 Å². The van der Waals surface area contributed by atoms with Crippen LogP contribution in [0, 0.1) is 0 Å². The van der Waals surface area contributed by atoms with Crippen LogP contribution in [0.15, 0.2) is 47.5 Å². The van der Waals surface area contributed by atoms with Crippen LogP contribution < -0.4 is 15.4 Å². The van der Waals surface area contributed by atoms with Crippen LogP contribution in [0.25, 0.3) is 0 Å². The number of hydrogen-bond donors (Lipinski definition) is 2. The number of carbonyl (C=O) groups is 1. The normalized spacial score (nSPS) is 16.3. The van der Waals surface area contributed by atoms with Crippen LogP contribution in [-0.2, 0) is 6.54 Å². The summed E-state index contributed by atoms with van der Waals surface area (Å²) in [6.07, 6.45) is 2.60. The van der Waals surface area contributed by atoms with Crippen molar-refractivity contribution >= 4 is 17.8 Å². The van der Waals surface area contributed by atoms with E-state index in [4.69, 9.17) is 4.74 Å². The lowest BCUT2D eigenvalue weighted by molar-refractivity contribution is 0.236. The molecular formula is C17H19N3O2S. The Kier molecular flexibility index (Phi) is 5.02. The maximum Gasteiger partial charge on any atom is 0.315 e. The molecule has 0 aliphatic carbocycles. The highest BCUT2D eigenvalue weighted by atomic mass is 32.2. The second-order valence-electron chi connectivity index (χ2n) is 5.23. The molecule has 0 saturated heterocycles. The highest BCUT2D eigenvalue weighted by Gasteiger charge is 2.21. The van der Waals surface area contributed by atoms with E-state index < -0.39 is 0 Å². The number of amides is 2. The topological polar surface area (TPSA) is 63.2 Å².